The Bertz CT molecular complexity index is 794. The number of carbonyl (C=O) groups is 3. The summed E-state index contributed by atoms with van der Waals surface area (Å²) in [4.78, 5) is 37.2. The zero-order valence-corrected chi connectivity index (χ0v) is 15.6. The monoisotopic (exact) mass is 358 g/mol. The van der Waals surface area contributed by atoms with Crippen LogP contribution in [0.2, 0.25) is 0 Å². The van der Waals surface area contributed by atoms with Gasteiger partial charge in [0.2, 0.25) is 11.8 Å². The minimum Gasteiger partial charge on any atom is -0.465 e. The topological polar surface area (TPSA) is 77.4 Å². The van der Waals surface area contributed by atoms with Gasteiger partial charge in [0.05, 0.1) is 6.61 Å². The molecule has 2 aromatic rings. The molecule has 0 saturated heterocycles. The highest BCUT2D eigenvalue weighted by Gasteiger charge is 2.33. The Morgan fingerprint density at radius 3 is 2.58 bits per heavy atom. The molecule has 140 valence electrons. The van der Waals surface area contributed by atoms with E-state index in [1.54, 1.807) is 13.1 Å². The molecular formula is C20H26N2O4. The zero-order valence-electron chi connectivity index (χ0n) is 15.6. The van der Waals surface area contributed by atoms with Crippen molar-refractivity contribution < 1.29 is 19.1 Å². The number of amides is 2. The van der Waals surface area contributed by atoms with Crippen molar-refractivity contribution in [2.45, 2.75) is 45.4 Å². The van der Waals surface area contributed by atoms with Crippen LogP contribution in [0, 0.1) is 0 Å². The summed E-state index contributed by atoms with van der Waals surface area (Å²) in [5, 5.41) is 3.16. The number of imide groups is 1. The third kappa shape index (κ3) is 4.50. The van der Waals surface area contributed by atoms with E-state index in [0.29, 0.717) is 12.0 Å². The number of aromatic nitrogens is 1. The molecule has 6 heteroatoms. The third-order valence-corrected chi connectivity index (χ3v) is 4.29. The van der Waals surface area contributed by atoms with Gasteiger partial charge in [0.1, 0.15) is 0 Å². The molecule has 1 aromatic carbocycles. The number of rotatable bonds is 8. The summed E-state index contributed by atoms with van der Waals surface area (Å²) in [5.74, 6) is -2.82. The van der Waals surface area contributed by atoms with E-state index in [-0.39, 0.29) is 18.9 Å². The molecule has 1 N–H and O–H groups in total. The molecule has 1 unspecified atom stereocenters. The molecule has 0 saturated carbocycles. The maximum absolute atomic E-state index is 12.7. The van der Waals surface area contributed by atoms with Gasteiger partial charge >= 0.3 is 5.97 Å². The van der Waals surface area contributed by atoms with Crippen LogP contribution in [-0.4, -0.2) is 29.0 Å². The van der Waals surface area contributed by atoms with Gasteiger partial charge < -0.3 is 9.30 Å². The lowest BCUT2D eigenvalue weighted by Crippen LogP contribution is -2.38. The Morgan fingerprint density at radius 1 is 1.15 bits per heavy atom. The van der Waals surface area contributed by atoms with Gasteiger partial charge in [0.15, 0.2) is 5.92 Å². The van der Waals surface area contributed by atoms with Gasteiger partial charge in [-0.2, -0.15) is 0 Å². The third-order valence-electron chi connectivity index (χ3n) is 4.29. The molecule has 0 radical (unpaired) electrons. The van der Waals surface area contributed by atoms with Gasteiger partial charge in [-0.3, -0.25) is 19.7 Å². The summed E-state index contributed by atoms with van der Waals surface area (Å²) in [5.41, 5.74) is 1.44. The summed E-state index contributed by atoms with van der Waals surface area (Å²) in [6.45, 7) is 3.89. The van der Waals surface area contributed by atoms with Crippen molar-refractivity contribution in [1.29, 1.82) is 0 Å². The van der Waals surface area contributed by atoms with Gasteiger partial charge in [0.25, 0.3) is 0 Å². The highest BCUT2D eigenvalue weighted by atomic mass is 16.5. The summed E-state index contributed by atoms with van der Waals surface area (Å²) in [6, 6.07) is 7.51. The van der Waals surface area contributed by atoms with Gasteiger partial charge in [0, 0.05) is 36.1 Å². The van der Waals surface area contributed by atoms with Crippen LogP contribution in [0.1, 0.15) is 51.0 Å². The molecule has 1 heterocycles. The Kier molecular flexibility index (Phi) is 6.95. The van der Waals surface area contributed by atoms with Crippen LogP contribution in [0.5, 0.6) is 0 Å². The predicted molar refractivity (Wildman–Crippen MR) is 99.6 cm³/mol. The number of carbonyl (C=O) groups excluding carboxylic acids is 3. The van der Waals surface area contributed by atoms with E-state index in [4.69, 9.17) is 4.74 Å². The first-order chi connectivity index (χ1) is 12.5. The van der Waals surface area contributed by atoms with Crippen LogP contribution in [0.15, 0.2) is 30.5 Å². The molecule has 0 aliphatic carbocycles. The van der Waals surface area contributed by atoms with Crippen molar-refractivity contribution in [2.75, 3.05) is 6.61 Å². The maximum Gasteiger partial charge on any atom is 0.323 e. The Hall–Kier alpha value is -2.63. The minimum atomic E-state index is -1.17. The molecule has 0 aliphatic heterocycles. The van der Waals surface area contributed by atoms with Crippen molar-refractivity contribution in [3.63, 3.8) is 0 Å². The van der Waals surface area contributed by atoms with Crippen molar-refractivity contribution in [3.05, 3.63) is 36.0 Å². The maximum atomic E-state index is 12.7. The van der Waals surface area contributed by atoms with E-state index < -0.39 is 17.8 Å². The second-order valence-corrected chi connectivity index (χ2v) is 6.27. The van der Waals surface area contributed by atoms with Crippen LogP contribution in [0.25, 0.3) is 10.9 Å². The number of hydrogen-bond acceptors (Lipinski definition) is 4. The molecule has 6 nitrogen and oxygen atoms in total. The number of para-hydroxylation sites is 1. The fourth-order valence-electron chi connectivity index (χ4n) is 3.01. The highest BCUT2D eigenvalue weighted by Crippen LogP contribution is 2.28. The first-order valence-corrected chi connectivity index (χ1v) is 9.03. The SMILES string of the molecule is CCCCCC(=O)NC(=O)C(C(=O)OCC)c1cn(C)c2ccccc12. The number of unbranched alkanes of at least 4 members (excludes halogenated alkanes) is 2. The summed E-state index contributed by atoms with van der Waals surface area (Å²) < 4.78 is 6.95. The Morgan fingerprint density at radius 2 is 1.88 bits per heavy atom. The second kappa shape index (κ2) is 9.17. The quantitative estimate of drug-likeness (QED) is 0.447. The molecule has 0 bridgehead atoms. The number of benzene rings is 1. The van der Waals surface area contributed by atoms with Gasteiger partial charge in [-0.15, -0.1) is 0 Å². The smallest absolute Gasteiger partial charge is 0.323 e. The number of fused-ring (bicyclic) bond motifs is 1. The molecule has 0 fully saturated rings. The standard InChI is InChI=1S/C20H26N2O4/c1-4-6-7-12-17(23)21-19(24)18(20(25)26-5-2)15-13-22(3)16-11-9-8-10-14(15)16/h8-11,13,18H,4-7,12H2,1-3H3,(H,21,23,24). The van der Waals surface area contributed by atoms with Crippen LogP contribution in [-0.2, 0) is 26.2 Å². The van der Waals surface area contributed by atoms with Crippen LogP contribution >= 0.6 is 0 Å². The van der Waals surface area contributed by atoms with Crippen molar-refractivity contribution in [3.8, 4) is 0 Å². The molecule has 0 aliphatic rings. The van der Waals surface area contributed by atoms with E-state index in [0.717, 1.165) is 23.7 Å². The first kappa shape index (κ1) is 19.7. The Balaban J connectivity index is 2.30. The van der Waals surface area contributed by atoms with E-state index in [2.05, 4.69) is 5.32 Å². The lowest BCUT2D eigenvalue weighted by atomic mass is 9.97. The fourth-order valence-corrected chi connectivity index (χ4v) is 3.01. The van der Waals surface area contributed by atoms with Gasteiger partial charge in [-0.25, -0.2) is 0 Å². The summed E-state index contributed by atoms with van der Waals surface area (Å²) in [7, 11) is 1.85. The number of esters is 1. The van der Waals surface area contributed by atoms with Gasteiger partial charge in [-0.1, -0.05) is 38.0 Å². The molecule has 1 atom stereocenters. The number of hydrogen-bond donors (Lipinski definition) is 1. The van der Waals surface area contributed by atoms with E-state index in [9.17, 15) is 14.4 Å². The molecule has 0 spiro atoms. The van der Waals surface area contributed by atoms with Crippen molar-refractivity contribution in [2.24, 2.45) is 7.05 Å². The lowest BCUT2D eigenvalue weighted by molar-refractivity contribution is -0.148. The molecule has 1 aromatic heterocycles. The molecule has 26 heavy (non-hydrogen) atoms. The van der Waals surface area contributed by atoms with E-state index >= 15 is 0 Å². The number of ether oxygens (including phenoxy) is 1. The first-order valence-electron chi connectivity index (χ1n) is 9.03. The normalized spacial score (nSPS) is 12.0. The number of nitrogens with zero attached hydrogens (tertiary/aromatic N) is 1. The van der Waals surface area contributed by atoms with E-state index in [1.807, 2.05) is 42.8 Å². The zero-order chi connectivity index (χ0) is 19.1. The van der Waals surface area contributed by atoms with E-state index in [1.165, 1.54) is 0 Å². The van der Waals surface area contributed by atoms with Crippen LogP contribution in [0.3, 0.4) is 0 Å². The molecular weight excluding hydrogens is 332 g/mol. The second-order valence-electron chi connectivity index (χ2n) is 6.27. The minimum absolute atomic E-state index is 0.165. The van der Waals surface area contributed by atoms with Crippen LogP contribution in [0.4, 0.5) is 0 Å². The summed E-state index contributed by atoms with van der Waals surface area (Å²) >= 11 is 0. The Labute approximate surface area is 153 Å². The average molecular weight is 358 g/mol. The van der Waals surface area contributed by atoms with Crippen molar-refractivity contribution in [1.82, 2.24) is 9.88 Å². The summed E-state index contributed by atoms with van der Waals surface area (Å²) in [6.07, 6.45) is 4.64. The fraction of sp³-hybridized carbons (Fsp3) is 0.450. The largest absolute Gasteiger partial charge is 0.465 e. The number of aryl methyl sites for hydroxylation is 1. The lowest BCUT2D eigenvalue weighted by Gasteiger charge is -2.15. The number of nitrogens with one attached hydrogen (secondary N) is 1. The average Bonchev–Trinajstić information content (AvgIpc) is 2.92. The van der Waals surface area contributed by atoms with Crippen LogP contribution < -0.4 is 5.32 Å². The molecule has 2 rings (SSSR count). The predicted octanol–water partition coefficient (Wildman–Crippen LogP) is 3.05. The molecule has 2 amide bonds. The highest BCUT2D eigenvalue weighted by molar-refractivity contribution is 6.11. The van der Waals surface area contributed by atoms with Crippen molar-refractivity contribution >= 4 is 28.7 Å². The van der Waals surface area contributed by atoms with Gasteiger partial charge in [-0.05, 0) is 19.4 Å².